The van der Waals surface area contributed by atoms with Crippen molar-refractivity contribution in [1.29, 1.82) is 0 Å². The Morgan fingerprint density at radius 1 is 1.23 bits per heavy atom. The summed E-state index contributed by atoms with van der Waals surface area (Å²) in [5.41, 5.74) is 0. The van der Waals surface area contributed by atoms with E-state index < -0.39 is 0 Å². The van der Waals surface area contributed by atoms with E-state index >= 15 is 0 Å². The van der Waals surface area contributed by atoms with E-state index in [1.807, 2.05) is 11.8 Å². The van der Waals surface area contributed by atoms with Crippen LogP contribution in [0.2, 0.25) is 0 Å². The van der Waals surface area contributed by atoms with Gasteiger partial charge in [0.15, 0.2) is 0 Å². The molecule has 13 heavy (non-hydrogen) atoms. The number of carbonyl (C=O) groups is 1. The normalized spacial score (nSPS) is 10.1. The van der Waals surface area contributed by atoms with Crippen LogP contribution in [0.1, 0.15) is 39.5 Å². The molecule has 0 bridgehead atoms. The molecule has 0 saturated carbocycles. The lowest BCUT2D eigenvalue weighted by Crippen LogP contribution is -2.32. The number of hydrogen-bond donors (Lipinski definition) is 1. The third kappa shape index (κ3) is 5.64. The van der Waals surface area contributed by atoms with Gasteiger partial charge >= 0.3 is 0 Å². The van der Waals surface area contributed by atoms with Crippen molar-refractivity contribution in [3.63, 3.8) is 0 Å². The van der Waals surface area contributed by atoms with Crippen LogP contribution in [0.25, 0.3) is 0 Å². The van der Waals surface area contributed by atoms with Crippen molar-refractivity contribution in [3.8, 4) is 0 Å². The highest BCUT2D eigenvalue weighted by Crippen LogP contribution is 2.00. The van der Waals surface area contributed by atoms with Crippen LogP contribution in [0.4, 0.5) is 0 Å². The van der Waals surface area contributed by atoms with Gasteiger partial charge in [0, 0.05) is 26.1 Å². The van der Waals surface area contributed by atoms with Crippen LogP contribution < -0.4 is 0 Å². The molecular weight excluding hydrogens is 166 g/mol. The van der Waals surface area contributed by atoms with Gasteiger partial charge in [-0.05, 0) is 19.3 Å². The summed E-state index contributed by atoms with van der Waals surface area (Å²) in [6, 6.07) is 0. The first-order chi connectivity index (χ1) is 6.26. The highest BCUT2D eigenvalue weighted by atomic mass is 16.3. The number of rotatable bonds is 7. The van der Waals surface area contributed by atoms with Crippen molar-refractivity contribution < 1.29 is 9.90 Å². The molecule has 0 atom stereocenters. The molecule has 3 heteroatoms. The van der Waals surface area contributed by atoms with Crippen LogP contribution in [-0.2, 0) is 4.79 Å². The van der Waals surface area contributed by atoms with E-state index in [0.29, 0.717) is 19.4 Å². The first-order valence-electron chi connectivity index (χ1n) is 5.14. The van der Waals surface area contributed by atoms with Crippen LogP contribution in [0.15, 0.2) is 0 Å². The molecule has 0 rings (SSSR count). The van der Waals surface area contributed by atoms with E-state index in [4.69, 9.17) is 5.11 Å². The van der Waals surface area contributed by atoms with Crippen LogP contribution in [-0.4, -0.2) is 35.6 Å². The van der Waals surface area contributed by atoms with E-state index in [1.165, 1.54) is 0 Å². The van der Waals surface area contributed by atoms with E-state index in [2.05, 4.69) is 6.92 Å². The minimum atomic E-state index is 0.166. The molecule has 0 aliphatic heterocycles. The van der Waals surface area contributed by atoms with E-state index in [9.17, 15) is 4.79 Å². The Balaban J connectivity index is 3.83. The number of aliphatic hydroxyl groups is 1. The first kappa shape index (κ1) is 12.4. The second-order valence-corrected chi connectivity index (χ2v) is 3.21. The monoisotopic (exact) mass is 187 g/mol. The van der Waals surface area contributed by atoms with Gasteiger partial charge in [-0.2, -0.15) is 0 Å². The molecule has 3 nitrogen and oxygen atoms in total. The molecule has 0 spiro atoms. The summed E-state index contributed by atoms with van der Waals surface area (Å²) in [7, 11) is 0. The van der Waals surface area contributed by atoms with Crippen LogP contribution in [0.5, 0.6) is 0 Å². The molecule has 78 valence electrons. The summed E-state index contributed by atoms with van der Waals surface area (Å²) in [5, 5.41) is 8.66. The van der Waals surface area contributed by atoms with Crippen molar-refractivity contribution in [2.24, 2.45) is 0 Å². The third-order valence-electron chi connectivity index (χ3n) is 1.90. The van der Waals surface area contributed by atoms with Crippen molar-refractivity contribution in [3.05, 3.63) is 0 Å². The maximum Gasteiger partial charge on any atom is 0.222 e. The van der Waals surface area contributed by atoms with Gasteiger partial charge in [-0.25, -0.2) is 0 Å². The summed E-state index contributed by atoms with van der Waals surface area (Å²) in [5.74, 6) is 0.220. The van der Waals surface area contributed by atoms with Gasteiger partial charge < -0.3 is 10.0 Å². The molecule has 0 unspecified atom stereocenters. The average molecular weight is 187 g/mol. The van der Waals surface area contributed by atoms with Crippen molar-refractivity contribution >= 4 is 5.91 Å². The summed E-state index contributed by atoms with van der Waals surface area (Å²) in [4.78, 5) is 13.3. The Morgan fingerprint density at radius 3 is 2.38 bits per heavy atom. The van der Waals surface area contributed by atoms with Crippen molar-refractivity contribution in [2.75, 3.05) is 19.7 Å². The van der Waals surface area contributed by atoms with Gasteiger partial charge in [0.05, 0.1) is 0 Å². The maximum atomic E-state index is 11.5. The van der Waals surface area contributed by atoms with Crippen molar-refractivity contribution in [2.45, 2.75) is 39.5 Å². The number of amides is 1. The second-order valence-electron chi connectivity index (χ2n) is 3.21. The minimum absolute atomic E-state index is 0.166. The fraction of sp³-hybridized carbons (Fsp3) is 0.900. The van der Waals surface area contributed by atoms with Crippen molar-refractivity contribution in [1.82, 2.24) is 4.90 Å². The van der Waals surface area contributed by atoms with E-state index in [1.54, 1.807) is 0 Å². The number of hydrogen-bond acceptors (Lipinski definition) is 2. The van der Waals surface area contributed by atoms with Gasteiger partial charge in [0.1, 0.15) is 0 Å². The molecule has 0 fully saturated rings. The molecular formula is C10H21NO2. The zero-order valence-electron chi connectivity index (χ0n) is 8.75. The lowest BCUT2D eigenvalue weighted by atomic mass is 10.2. The Morgan fingerprint density at radius 2 is 1.92 bits per heavy atom. The smallest absolute Gasteiger partial charge is 0.222 e. The van der Waals surface area contributed by atoms with E-state index in [0.717, 1.165) is 19.4 Å². The topological polar surface area (TPSA) is 40.5 Å². The lowest BCUT2D eigenvalue weighted by Gasteiger charge is -2.21. The fourth-order valence-electron chi connectivity index (χ4n) is 1.26. The number of nitrogens with zero attached hydrogens (tertiary/aromatic N) is 1. The summed E-state index contributed by atoms with van der Waals surface area (Å²) < 4.78 is 0. The van der Waals surface area contributed by atoms with E-state index in [-0.39, 0.29) is 12.5 Å². The zero-order valence-corrected chi connectivity index (χ0v) is 8.75. The van der Waals surface area contributed by atoms with Gasteiger partial charge in [0.25, 0.3) is 0 Å². The molecule has 0 aliphatic carbocycles. The minimum Gasteiger partial charge on any atom is -0.396 e. The number of aliphatic hydroxyl groups excluding tert-OH is 1. The summed E-state index contributed by atoms with van der Waals surface area (Å²) in [6.07, 6.45) is 3.21. The zero-order chi connectivity index (χ0) is 10.1. The molecule has 1 amide bonds. The van der Waals surface area contributed by atoms with Gasteiger partial charge in [-0.3, -0.25) is 4.79 Å². The van der Waals surface area contributed by atoms with Crippen LogP contribution in [0, 0.1) is 0 Å². The molecule has 0 aromatic heterocycles. The Labute approximate surface area is 80.7 Å². The Kier molecular flexibility index (Phi) is 7.69. The van der Waals surface area contributed by atoms with Gasteiger partial charge in [-0.1, -0.05) is 13.8 Å². The molecule has 0 aromatic rings. The summed E-state index contributed by atoms with van der Waals surface area (Å²) >= 11 is 0. The molecule has 0 aromatic carbocycles. The lowest BCUT2D eigenvalue weighted by molar-refractivity contribution is -0.131. The van der Waals surface area contributed by atoms with Gasteiger partial charge in [-0.15, -0.1) is 0 Å². The molecule has 0 heterocycles. The quantitative estimate of drug-likeness (QED) is 0.654. The predicted octanol–water partition coefficient (Wildman–Crippen LogP) is 1.41. The molecule has 0 radical (unpaired) electrons. The SMILES string of the molecule is CCCC(=O)N(CCC)CCCO. The van der Waals surface area contributed by atoms with Crippen LogP contribution in [0.3, 0.4) is 0 Å². The summed E-state index contributed by atoms with van der Waals surface area (Å²) in [6.45, 7) is 5.75. The second kappa shape index (κ2) is 8.05. The predicted molar refractivity (Wildman–Crippen MR) is 53.5 cm³/mol. The standard InChI is InChI=1S/C10H21NO2/c1-3-6-10(13)11(7-4-2)8-5-9-12/h12H,3-9H2,1-2H3. The molecule has 0 aliphatic rings. The highest BCUT2D eigenvalue weighted by Gasteiger charge is 2.09. The first-order valence-corrected chi connectivity index (χ1v) is 5.14. The Hall–Kier alpha value is -0.570. The maximum absolute atomic E-state index is 11.5. The number of carbonyl (C=O) groups excluding carboxylic acids is 1. The molecule has 0 saturated heterocycles. The third-order valence-corrected chi connectivity index (χ3v) is 1.90. The largest absolute Gasteiger partial charge is 0.396 e. The Bertz CT molecular complexity index is 137. The molecule has 1 N–H and O–H groups in total. The fourth-order valence-corrected chi connectivity index (χ4v) is 1.26. The highest BCUT2D eigenvalue weighted by molar-refractivity contribution is 5.76. The average Bonchev–Trinajstić information content (AvgIpc) is 2.12. The van der Waals surface area contributed by atoms with Gasteiger partial charge in [0.2, 0.25) is 5.91 Å². The van der Waals surface area contributed by atoms with Crippen LogP contribution >= 0.6 is 0 Å².